The third kappa shape index (κ3) is 4.32. The first-order valence-corrected chi connectivity index (χ1v) is 7.35. The zero-order chi connectivity index (χ0) is 15.4. The second-order valence-corrected chi connectivity index (χ2v) is 5.76. The van der Waals surface area contributed by atoms with Crippen LogP contribution in [0.3, 0.4) is 0 Å². The van der Waals surface area contributed by atoms with E-state index in [1.807, 2.05) is 13.8 Å². The highest BCUT2D eigenvalue weighted by Crippen LogP contribution is 2.32. The molecule has 21 heavy (non-hydrogen) atoms. The molecule has 1 aromatic carbocycles. The molecule has 1 aliphatic rings. The molecule has 0 spiro atoms. The Morgan fingerprint density at radius 1 is 1.33 bits per heavy atom. The fourth-order valence-electron chi connectivity index (χ4n) is 2.56. The molecule has 0 bridgehead atoms. The van der Waals surface area contributed by atoms with Crippen molar-refractivity contribution in [1.82, 2.24) is 0 Å². The minimum absolute atomic E-state index is 0.0201. The second kappa shape index (κ2) is 6.76. The van der Waals surface area contributed by atoms with E-state index >= 15 is 0 Å². The quantitative estimate of drug-likeness (QED) is 0.644. The van der Waals surface area contributed by atoms with Crippen molar-refractivity contribution in [3.05, 3.63) is 28.3 Å². The number of hydrogen-bond donors (Lipinski definition) is 2. The molecule has 6 nitrogen and oxygen atoms in total. The summed E-state index contributed by atoms with van der Waals surface area (Å²) in [6.45, 7) is 3.68. The Hall–Kier alpha value is -1.82. The van der Waals surface area contributed by atoms with Crippen molar-refractivity contribution in [3.8, 4) is 5.75 Å². The van der Waals surface area contributed by atoms with Crippen LogP contribution in [0.25, 0.3) is 0 Å². The summed E-state index contributed by atoms with van der Waals surface area (Å²) >= 11 is 0. The number of rotatable bonds is 5. The van der Waals surface area contributed by atoms with Crippen molar-refractivity contribution in [1.29, 1.82) is 0 Å². The van der Waals surface area contributed by atoms with Crippen LogP contribution in [-0.4, -0.2) is 28.3 Å². The van der Waals surface area contributed by atoms with Crippen LogP contribution in [0.5, 0.6) is 5.75 Å². The van der Waals surface area contributed by atoms with E-state index in [1.54, 1.807) is 12.1 Å². The molecule has 0 radical (unpaired) electrons. The average molecular weight is 294 g/mol. The van der Waals surface area contributed by atoms with Crippen LogP contribution in [0.4, 0.5) is 11.4 Å². The highest BCUT2D eigenvalue weighted by atomic mass is 16.6. The van der Waals surface area contributed by atoms with Crippen LogP contribution < -0.4 is 10.1 Å². The van der Waals surface area contributed by atoms with Gasteiger partial charge < -0.3 is 15.2 Å². The van der Waals surface area contributed by atoms with Gasteiger partial charge in [0.25, 0.3) is 0 Å². The molecule has 0 saturated heterocycles. The Labute approximate surface area is 124 Å². The van der Waals surface area contributed by atoms with E-state index in [1.165, 1.54) is 6.07 Å². The number of benzene rings is 1. The maximum atomic E-state index is 11.0. The Balaban J connectivity index is 2.11. The summed E-state index contributed by atoms with van der Waals surface area (Å²) in [7, 11) is 0. The standard InChI is InChI=1S/C15H22N2O4/c1-10(2)21-15-9-12(5-8-14(15)17(19)20)16-11-3-6-13(18)7-4-11/h5,8-11,13,16,18H,3-4,6-7H2,1-2H3. The number of nitrogens with one attached hydrogen (secondary N) is 1. The molecule has 116 valence electrons. The SMILES string of the molecule is CC(C)Oc1cc(NC2CCC(O)CC2)ccc1[N+](=O)[O-]. The summed E-state index contributed by atoms with van der Waals surface area (Å²) in [5.74, 6) is 0.288. The monoisotopic (exact) mass is 294 g/mol. The van der Waals surface area contributed by atoms with E-state index in [2.05, 4.69) is 5.32 Å². The minimum Gasteiger partial charge on any atom is -0.484 e. The van der Waals surface area contributed by atoms with Gasteiger partial charge in [0.05, 0.1) is 17.1 Å². The molecule has 0 heterocycles. The lowest BCUT2D eigenvalue weighted by Gasteiger charge is -2.27. The Morgan fingerprint density at radius 3 is 2.57 bits per heavy atom. The predicted molar refractivity (Wildman–Crippen MR) is 80.7 cm³/mol. The molecular weight excluding hydrogens is 272 g/mol. The summed E-state index contributed by atoms with van der Waals surface area (Å²) in [4.78, 5) is 10.6. The largest absolute Gasteiger partial charge is 0.484 e. The molecular formula is C15H22N2O4. The topological polar surface area (TPSA) is 84.6 Å². The fraction of sp³-hybridized carbons (Fsp3) is 0.600. The van der Waals surface area contributed by atoms with Crippen LogP contribution in [0, 0.1) is 10.1 Å². The van der Waals surface area contributed by atoms with Crippen LogP contribution in [0.1, 0.15) is 39.5 Å². The molecule has 6 heteroatoms. The fourth-order valence-corrected chi connectivity index (χ4v) is 2.56. The zero-order valence-corrected chi connectivity index (χ0v) is 12.4. The highest BCUT2D eigenvalue weighted by Gasteiger charge is 2.21. The number of hydrogen-bond acceptors (Lipinski definition) is 5. The molecule has 0 amide bonds. The van der Waals surface area contributed by atoms with Crippen LogP contribution in [0.15, 0.2) is 18.2 Å². The maximum absolute atomic E-state index is 11.0. The lowest BCUT2D eigenvalue weighted by Crippen LogP contribution is -2.28. The van der Waals surface area contributed by atoms with Crippen molar-refractivity contribution in [2.24, 2.45) is 0 Å². The molecule has 2 N–H and O–H groups in total. The zero-order valence-electron chi connectivity index (χ0n) is 12.4. The van der Waals surface area contributed by atoms with Gasteiger partial charge in [0.1, 0.15) is 0 Å². The number of nitro benzene ring substituents is 1. The number of anilines is 1. The smallest absolute Gasteiger partial charge is 0.311 e. The Kier molecular flexibility index (Phi) is 5.01. The lowest BCUT2D eigenvalue weighted by molar-refractivity contribution is -0.386. The normalized spacial score (nSPS) is 22.1. The first-order chi connectivity index (χ1) is 9.95. The molecule has 0 aromatic heterocycles. The van der Waals surface area contributed by atoms with Gasteiger partial charge in [0.2, 0.25) is 0 Å². The van der Waals surface area contributed by atoms with E-state index in [0.29, 0.717) is 6.04 Å². The van der Waals surface area contributed by atoms with Gasteiger partial charge in [0.15, 0.2) is 5.75 Å². The molecule has 1 aliphatic carbocycles. The summed E-state index contributed by atoms with van der Waals surface area (Å²) in [6, 6.07) is 5.15. The summed E-state index contributed by atoms with van der Waals surface area (Å²) in [6.07, 6.45) is 3.07. The molecule has 2 rings (SSSR count). The molecule has 1 saturated carbocycles. The van der Waals surface area contributed by atoms with Gasteiger partial charge in [-0.05, 0) is 45.6 Å². The molecule has 1 fully saturated rings. The van der Waals surface area contributed by atoms with Gasteiger partial charge in [-0.1, -0.05) is 0 Å². The van der Waals surface area contributed by atoms with Crippen molar-refractivity contribution in [3.63, 3.8) is 0 Å². The van der Waals surface area contributed by atoms with Gasteiger partial charge in [0, 0.05) is 23.9 Å². The average Bonchev–Trinajstić information content (AvgIpc) is 2.40. The maximum Gasteiger partial charge on any atom is 0.311 e. The van der Waals surface area contributed by atoms with Gasteiger partial charge in [-0.3, -0.25) is 10.1 Å². The van der Waals surface area contributed by atoms with Crippen molar-refractivity contribution in [2.75, 3.05) is 5.32 Å². The highest BCUT2D eigenvalue weighted by molar-refractivity contribution is 5.58. The first-order valence-electron chi connectivity index (χ1n) is 7.35. The minimum atomic E-state index is -0.432. The van der Waals surface area contributed by atoms with E-state index in [-0.39, 0.29) is 23.6 Å². The van der Waals surface area contributed by atoms with Crippen molar-refractivity contribution < 1.29 is 14.8 Å². The number of aliphatic hydroxyl groups is 1. The summed E-state index contributed by atoms with van der Waals surface area (Å²) < 4.78 is 5.53. The predicted octanol–water partition coefficient (Wildman–Crippen LogP) is 3.10. The summed E-state index contributed by atoms with van der Waals surface area (Å²) in [5.41, 5.74) is 0.797. The van der Waals surface area contributed by atoms with E-state index < -0.39 is 4.92 Å². The first kappa shape index (κ1) is 15.6. The van der Waals surface area contributed by atoms with Gasteiger partial charge in [-0.25, -0.2) is 0 Å². The lowest BCUT2D eigenvalue weighted by atomic mass is 9.93. The number of nitrogens with zero attached hydrogens (tertiary/aromatic N) is 1. The number of nitro groups is 1. The summed E-state index contributed by atoms with van der Waals surface area (Å²) in [5, 5.41) is 23.9. The van der Waals surface area contributed by atoms with E-state index in [4.69, 9.17) is 4.74 Å². The number of ether oxygens (including phenoxy) is 1. The molecule has 1 aromatic rings. The molecule has 0 unspecified atom stereocenters. The third-order valence-corrected chi connectivity index (χ3v) is 3.59. The van der Waals surface area contributed by atoms with Crippen LogP contribution in [0.2, 0.25) is 0 Å². The van der Waals surface area contributed by atoms with Crippen molar-refractivity contribution in [2.45, 2.75) is 57.8 Å². The van der Waals surface area contributed by atoms with E-state index in [9.17, 15) is 15.2 Å². The molecule has 0 atom stereocenters. The third-order valence-electron chi connectivity index (χ3n) is 3.59. The van der Waals surface area contributed by atoms with Gasteiger partial charge in [-0.15, -0.1) is 0 Å². The number of aliphatic hydroxyl groups excluding tert-OH is 1. The molecule has 0 aliphatic heterocycles. The van der Waals surface area contributed by atoms with E-state index in [0.717, 1.165) is 31.4 Å². The van der Waals surface area contributed by atoms with Crippen LogP contribution in [-0.2, 0) is 0 Å². The second-order valence-electron chi connectivity index (χ2n) is 5.76. The Bertz CT molecular complexity index is 496. The van der Waals surface area contributed by atoms with Crippen LogP contribution >= 0.6 is 0 Å². The Morgan fingerprint density at radius 2 is 2.00 bits per heavy atom. The van der Waals surface area contributed by atoms with Gasteiger partial charge in [-0.2, -0.15) is 0 Å². The van der Waals surface area contributed by atoms with Crippen molar-refractivity contribution >= 4 is 11.4 Å². The van der Waals surface area contributed by atoms with Gasteiger partial charge >= 0.3 is 5.69 Å².